The van der Waals surface area contributed by atoms with Crippen LogP contribution in [-0.4, -0.2) is 202 Å². The number of aliphatic hydroxyl groups is 10. The number of phenolic OH excluding ortho intramolecular Hbond substituents is 2. The van der Waals surface area contributed by atoms with E-state index in [0.29, 0.717) is 67.9 Å². The Bertz CT molecular complexity index is 1830. The molecule has 362 valence electrons. The van der Waals surface area contributed by atoms with Crippen LogP contribution in [-0.2, 0) is 19.6 Å². The Morgan fingerprint density at radius 2 is 0.862 bits per heavy atom. The van der Waals surface area contributed by atoms with E-state index in [2.05, 4.69) is 37.5 Å². The van der Waals surface area contributed by atoms with Gasteiger partial charge in [-0.25, -0.2) is 0 Å². The molecule has 8 atom stereocenters. The van der Waals surface area contributed by atoms with Gasteiger partial charge in [0.2, 0.25) is 0 Å². The summed E-state index contributed by atoms with van der Waals surface area (Å²) < 4.78 is 0. The minimum absolute atomic E-state index is 0.0522. The Hall–Kier alpha value is -4.32. The van der Waals surface area contributed by atoms with Gasteiger partial charge in [0.15, 0.2) is 0 Å². The van der Waals surface area contributed by atoms with E-state index in [1.54, 1.807) is 26.0 Å². The van der Waals surface area contributed by atoms with Gasteiger partial charge in [-0.3, -0.25) is 24.3 Å². The summed E-state index contributed by atoms with van der Waals surface area (Å²) in [5.74, 6) is -1.97. The maximum absolute atomic E-state index is 13.3. The van der Waals surface area contributed by atoms with Crippen molar-refractivity contribution in [2.75, 3.05) is 65.6 Å². The Morgan fingerprint density at radius 1 is 0.523 bits per heavy atom. The Kier molecular flexibility index (Phi) is 21.4. The second-order valence-electron chi connectivity index (χ2n) is 17.0. The first-order valence-corrected chi connectivity index (χ1v) is 22.0. The van der Waals surface area contributed by atoms with Crippen LogP contribution in [0.15, 0.2) is 54.6 Å². The molecule has 65 heavy (non-hydrogen) atoms. The summed E-state index contributed by atoms with van der Waals surface area (Å²) >= 11 is 0. The van der Waals surface area contributed by atoms with E-state index in [9.17, 15) is 60.7 Å². The first-order valence-electron chi connectivity index (χ1n) is 22.0. The zero-order chi connectivity index (χ0) is 47.8. The van der Waals surface area contributed by atoms with Crippen LogP contribution in [0.1, 0.15) is 67.8 Å². The number of aliphatic hydroxyl groups excluding tert-OH is 10. The molecule has 0 spiro atoms. The highest BCUT2D eigenvalue weighted by molar-refractivity contribution is 5.98. The second kappa shape index (κ2) is 26.1. The van der Waals surface area contributed by atoms with Gasteiger partial charge in [-0.2, -0.15) is 0 Å². The van der Waals surface area contributed by atoms with Crippen molar-refractivity contribution in [2.24, 2.45) is 0 Å². The van der Waals surface area contributed by atoms with E-state index in [0.717, 1.165) is 32.5 Å². The number of nitrogens with one attached hydrogen (secondary N) is 2. The third kappa shape index (κ3) is 15.9. The van der Waals surface area contributed by atoms with Crippen molar-refractivity contribution in [3.63, 3.8) is 0 Å². The third-order valence-electron chi connectivity index (χ3n) is 11.6. The maximum Gasteiger partial charge on any atom is 0.255 e. The molecule has 0 aromatic heterocycles. The first kappa shape index (κ1) is 53.3. The maximum atomic E-state index is 13.3. The van der Waals surface area contributed by atoms with E-state index in [1.807, 2.05) is 18.2 Å². The van der Waals surface area contributed by atoms with Gasteiger partial charge in [0.25, 0.3) is 11.8 Å². The zero-order valence-electron chi connectivity index (χ0n) is 37.2. The molecule has 19 heteroatoms. The van der Waals surface area contributed by atoms with Crippen molar-refractivity contribution in [1.29, 1.82) is 0 Å². The van der Waals surface area contributed by atoms with E-state index in [-0.39, 0.29) is 22.6 Å². The predicted molar refractivity (Wildman–Crippen MR) is 239 cm³/mol. The van der Waals surface area contributed by atoms with E-state index < -0.39 is 86.9 Å². The Balaban J connectivity index is 1.51. The lowest BCUT2D eigenvalue weighted by Crippen LogP contribution is -2.49. The van der Waals surface area contributed by atoms with Gasteiger partial charge in [0, 0.05) is 43.9 Å². The van der Waals surface area contributed by atoms with Gasteiger partial charge in [0.1, 0.15) is 48.1 Å². The molecular weight excluding hydrogens is 847 g/mol. The standard InChI is InChI=1S/C46H69N5O14/c1-28-17-31(39(58)33(19-28)45(64)47-21-35(54)41(60)43(62)37(56)26-52)24-50-13-6-11-49(23-30-9-4-3-5-10-30)12-7-14-51(16-8-15-50)25-32-18-29(2)20-34(40(32)59)46(65)48-22-36(55)42(61)44(63)38(57)27-53/h3-5,9-10,17-20,35-38,41-44,52-63H,6-8,11-16,21-27H2,1-2H3,(H,47,64)(H,48,65). The van der Waals surface area contributed by atoms with Crippen molar-refractivity contribution in [2.45, 2.75) is 102 Å². The van der Waals surface area contributed by atoms with Gasteiger partial charge in [0.05, 0.1) is 36.5 Å². The van der Waals surface area contributed by atoms with Crippen LogP contribution in [0.3, 0.4) is 0 Å². The van der Waals surface area contributed by atoms with Crippen molar-refractivity contribution in [3.05, 3.63) is 93.5 Å². The number of phenols is 2. The molecule has 0 radical (unpaired) electrons. The molecule has 0 aliphatic carbocycles. The molecule has 3 aromatic rings. The quantitative estimate of drug-likeness (QED) is 0.0585. The largest absolute Gasteiger partial charge is 0.507 e. The van der Waals surface area contributed by atoms with Gasteiger partial charge in [-0.15, -0.1) is 0 Å². The van der Waals surface area contributed by atoms with Crippen LogP contribution in [0.5, 0.6) is 11.5 Å². The molecule has 1 saturated heterocycles. The number of carbonyl (C=O) groups excluding carboxylic acids is 2. The van der Waals surface area contributed by atoms with Crippen molar-refractivity contribution >= 4 is 11.8 Å². The van der Waals surface area contributed by atoms with E-state index in [4.69, 9.17) is 10.2 Å². The van der Waals surface area contributed by atoms with Gasteiger partial charge in [-0.05, 0) is 101 Å². The summed E-state index contributed by atoms with van der Waals surface area (Å²) in [6.45, 7) is 6.23. The fraction of sp³-hybridized carbons (Fsp3) is 0.565. The summed E-state index contributed by atoms with van der Waals surface area (Å²) in [6, 6.07) is 16.7. The van der Waals surface area contributed by atoms with Crippen LogP contribution >= 0.6 is 0 Å². The summed E-state index contributed by atoms with van der Waals surface area (Å²) in [5.41, 5.74) is 3.44. The number of carbonyl (C=O) groups is 2. The SMILES string of the molecule is Cc1cc(CN2CCCN(Cc3ccccc3)CCCN(Cc3cc(C)cc(C(=O)NCC(O)C(O)C(O)C(O)CO)c3O)CCC2)c(O)c(C(=O)NCC(O)C(O)C(O)C(O)CO)c1. The lowest BCUT2D eigenvalue weighted by atomic mass is 10.0. The normalized spacial score (nSPS) is 18.8. The molecule has 1 heterocycles. The zero-order valence-corrected chi connectivity index (χ0v) is 37.2. The highest BCUT2D eigenvalue weighted by Gasteiger charge is 2.32. The molecule has 1 aliphatic heterocycles. The second-order valence-corrected chi connectivity index (χ2v) is 17.0. The number of aromatic hydroxyl groups is 2. The minimum atomic E-state index is -1.87. The fourth-order valence-electron chi connectivity index (χ4n) is 7.93. The van der Waals surface area contributed by atoms with E-state index in [1.165, 1.54) is 17.7 Å². The average Bonchev–Trinajstić information content (AvgIpc) is 3.29. The minimum Gasteiger partial charge on any atom is -0.507 e. The van der Waals surface area contributed by atoms with Gasteiger partial charge in [-0.1, -0.05) is 42.5 Å². The van der Waals surface area contributed by atoms with Crippen LogP contribution in [0.2, 0.25) is 0 Å². The highest BCUT2D eigenvalue weighted by Crippen LogP contribution is 2.28. The molecule has 19 nitrogen and oxygen atoms in total. The van der Waals surface area contributed by atoms with Crippen LogP contribution in [0.25, 0.3) is 0 Å². The lowest BCUT2D eigenvalue weighted by Gasteiger charge is -2.31. The molecule has 1 aliphatic rings. The number of rotatable bonds is 20. The van der Waals surface area contributed by atoms with Gasteiger partial charge >= 0.3 is 0 Å². The molecule has 0 bridgehead atoms. The van der Waals surface area contributed by atoms with Crippen molar-refractivity contribution in [1.82, 2.24) is 25.3 Å². The summed E-state index contributed by atoms with van der Waals surface area (Å²) in [4.78, 5) is 33.4. The molecule has 14 N–H and O–H groups in total. The molecule has 3 aromatic carbocycles. The Labute approximate surface area is 379 Å². The van der Waals surface area contributed by atoms with E-state index >= 15 is 0 Å². The fourth-order valence-corrected chi connectivity index (χ4v) is 7.93. The number of aryl methyl sites for hydroxylation is 2. The first-order chi connectivity index (χ1) is 30.9. The van der Waals surface area contributed by atoms with Crippen LogP contribution in [0.4, 0.5) is 0 Å². The highest BCUT2D eigenvalue weighted by atomic mass is 16.4. The number of hydrogen-bond acceptors (Lipinski definition) is 17. The number of hydrogen-bond donors (Lipinski definition) is 14. The topological polar surface area (TPSA) is 311 Å². The molecule has 8 unspecified atom stereocenters. The van der Waals surface area contributed by atoms with Crippen molar-refractivity contribution < 1.29 is 70.9 Å². The predicted octanol–water partition coefficient (Wildman–Crippen LogP) is -1.96. The smallest absolute Gasteiger partial charge is 0.255 e. The average molecular weight is 916 g/mol. The summed E-state index contributed by atoms with van der Waals surface area (Å²) in [7, 11) is 0. The molecule has 0 saturated carbocycles. The summed E-state index contributed by atoms with van der Waals surface area (Å²) in [6.07, 6.45) is -11.9. The molecular formula is C46H69N5O14. The third-order valence-corrected chi connectivity index (χ3v) is 11.6. The van der Waals surface area contributed by atoms with Crippen molar-refractivity contribution in [3.8, 4) is 11.5 Å². The Morgan fingerprint density at radius 3 is 1.22 bits per heavy atom. The lowest BCUT2D eigenvalue weighted by molar-refractivity contribution is -0.113. The monoisotopic (exact) mass is 915 g/mol. The summed E-state index contributed by atoms with van der Waals surface area (Å²) in [5, 5.41) is 126. The van der Waals surface area contributed by atoms with Crippen LogP contribution < -0.4 is 10.6 Å². The molecule has 4 rings (SSSR count). The number of nitrogens with zero attached hydrogens (tertiary/aromatic N) is 3. The van der Waals surface area contributed by atoms with Crippen LogP contribution in [0, 0.1) is 13.8 Å². The number of benzene rings is 3. The molecule has 2 amide bonds. The number of amides is 2. The molecule has 1 fully saturated rings. The van der Waals surface area contributed by atoms with Gasteiger partial charge < -0.3 is 71.9 Å².